The molecule has 4 nitrogen and oxygen atoms in total. The smallest absolute Gasteiger partial charge is 0.256 e. The van der Waals surface area contributed by atoms with Crippen LogP contribution < -0.4 is 10.9 Å². The van der Waals surface area contributed by atoms with E-state index in [0.29, 0.717) is 21.6 Å². The van der Waals surface area contributed by atoms with Crippen LogP contribution in [0.2, 0.25) is 0 Å². The van der Waals surface area contributed by atoms with Crippen molar-refractivity contribution in [1.82, 2.24) is 9.97 Å². The molecule has 2 rings (SSSR count). The third-order valence-corrected chi connectivity index (χ3v) is 3.94. The lowest BCUT2D eigenvalue weighted by molar-refractivity contribution is 0.620. The molecule has 0 aliphatic carbocycles. The number of hydrogen-bond donors (Lipinski definition) is 2. The van der Waals surface area contributed by atoms with Gasteiger partial charge in [0.15, 0.2) is 0 Å². The van der Waals surface area contributed by atoms with Crippen molar-refractivity contribution in [2.45, 2.75) is 33.7 Å². The SMILES string of the molecule is Cc1nc(C)c(C(C)Nc2cc(Br)c(F)cc2C)c(=O)[nH]1. The number of nitrogens with one attached hydrogen (secondary N) is 2. The summed E-state index contributed by atoms with van der Waals surface area (Å²) in [5.74, 6) is 0.283. The van der Waals surface area contributed by atoms with Crippen LogP contribution in [0.4, 0.5) is 10.1 Å². The van der Waals surface area contributed by atoms with Crippen LogP contribution in [-0.2, 0) is 0 Å². The van der Waals surface area contributed by atoms with Gasteiger partial charge in [0, 0.05) is 5.69 Å². The van der Waals surface area contributed by atoms with Crippen LogP contribution in [0.25, 0.3) is 0 Å². The van der Waals surface area contributed by atoms with Crippen molar-refractivity contribution in [2.75, 3.05) is 5.32 Å². The quantitative estimate of drug-likeness (QED) is 0.882. The molecule has 0 bridgehead atoms. The summed E-state index contributed by atoms with van der Waals surface area (Å²) >= 11 is 3.17. The van der Waals surface area contributed by atoms with Gasteiger partial charge in [-0.15, -0.1) is 0 Å². The zero-order valence-electron chi connectivity index (χ0n) is 12.3. The lowest BCUT2D eigenvalue weighted by Crippen LogP contribution is -2.23. The Balaban J connectivity index is 2.37. The molecule has 112 valence electrons. The molecule has 2 N–H and O–H groups in total. The summed E-state index contributed by atoms with van der Waals surface area (Å²) in [6.45, 7) is 7.25. The van der Waals surface area contributed by atoms with Crippen LogP contribution in [-0.4, -0.2) is 9.97 Å². The van der Waals surface area contributed by atoms with Crippen LogP contribution in [0.5, 0.6) is 0 Å². The Labute approximate surface area is 130 Å². The van der Waals surface area contributed by atoms with Gasteiger partial charge in [0.25, 0.3) is 5.56 Å². The number of aromatic nitrogens is 2. The Morgan fingerprint density at radius 3 is 2.62 bits per heavy atom. The van der Waals surface area contributed by atoms with Gasteiger partial charge in [-0.2, -0.15) is 0 Å². The number of halogens is 2. The van der Waals surface area contributed by atoms with Crippen LogP contribution in [0.15, 0.2) is 21.4 Å². The first kappa shape index (κ1) is 15.7. The van der Waals surface area contributed by atoms with Crippen molar-refractivity contribution in [3.63, 3.8) is 0 Å². The molecule has 1 aromatic carbocycles. The number of anilines is 1. The maximum absolute atomic E-state index is 13.5. The molecule has 6 heteroatoms. The number of H-pyrrole nitrogens is 1. The van der Waals surface area contributed by atoms with E-state index in [1.54, 1.807) is 13.0 Å². The van der Waals surface area contributed by atoms with E-state index >= 15 is 0 Å². The fourth-order valence-electron chi connectivity index (χ4n) is 2.35. The number of aryl methyl sites for hydroxylation is 3. The van der Waals surface area contributed by atoms with Crippen molar-refractivity contribution >= 4 is 21.6 Å². The summed E-state index contributed by atoms with van der Waals surface area (Å²) in [5.41, 5.74) is 2.67. The first-order chi connectivity index (χ1) is 9.79. The molecule has 0 aliphatic heterocycles. The van der Waals surface area contributed by atoms with E-state index in [4.69, 9.17) is 0 Å². The Kier molecular flexibility index (Phi) is 4.46. The summed E-state index contributed by atoms with van der Waals surface area (Å²) < 4.78 is 13.8. The van der Waals surface area contributed by atoms with E-state index in [0.717, 1.165) is 11.3 Å². The summed E-state index contributed by atoms with van der Waals surface area (Å²) in [7, 11) is 0. The van der Waals surface area contributed by atoms with E-state index in [2.05, 4.69) is 31.2 Å². The molecule has 0 amide bonds. The zero-order valence-corrected chi connectivity index (χ0v) is 13.9. The minimum absolute atomic E-state index is 0.154. The van der Waals surface area contributed by atoms with Gasteiger partial charge in [-0.1, -0.05) is 0 Å². The monoisotopic (exact) mass is 353 g/mol. The second-order valence-electron chi connectivity index (χ2n) is 5.10. The second kappa shape index (κ2) is 5.97. The minimum Gasteiger partial charge on any atom is -0.378 e. The van der Waals surface area contributed by atoms with E-state index in [-0.39, 0.29) is 17.4 Å². The summed E-state index contributed by atoms with van der Waals surface area (Å²) in [5, 5.41) is 3.24. The standard InChI is InChI=1S/C15H17BrFN3O/c1-7-5-12(17)11(16)6-13(7)19-9(3)14-8(2)18-10(4)20-15(14)21/h5-6,9,19H,1-4H3,(H,18,20,21). The van der Waals surface area contributed by atoms with E-state index in [9.17, 15) is 9.18 Å². The topological polar surface area (TPSA) is 57.8 Å². The molecule has 0 saturated carbocycles. The number of aromatic amines is 1. The van der Waals surface area contributed by atoms with Gasteiger partial charge < -0.3 is 10.3 Å². The summed E-state index contributed by atoms with van der Waals surface area (Å²) in [6.07, 6.45) is 0. The molecule has 1 unspecified atom stereocenters. The van der Waals surface area contributed by atoms with Gasteiger partial charge in [0.2, 0.25) is 0 Å². The van der Waals surface area contributed by atoms with Crippen molar-refractivity contribution in [3.05, 3.63) is 55.4 Å². The first-order valence-corrected chi connectivity index (χ1v) is 7.38. The highest BCUT2D eigenvalue weighted by atomic mass is 79.9. The van der Waals surface area contributed by atoms with Gasteiger partial charge in [-0.3, -0.25) is 4.79 Å². The van der Waals surface area contributed by atoms with Crippen molar-refractivity contribution in [3.8, 4) is 0 Å². The van der Waals surface area contributed by atoms with Crippen LogP contribution in [0.1, 0.15) is 35.6 Å². The third-order valence-electron chi connectivity index (χ3n) is 3.34. The van der Waals surface area contributed by atoms with Crippen LogP contribution in [0.3, 0.4) is 0 Å². The maximum atomic E-state index is 13.5. The van der Waals surface area contributed by atoms with E-state index in [1.165, 1.54) is 6.07 Å². The molecule has 0 spiro atoms. The molecule has 0 aliphatic rings. The van der Waals surface area contributed by atoms with Crippen LogP contribution >= 0.6 is 15.9 Å². The molecule has 1 heterocycles. The predicted octanol–water partition coefficient (Wildman–Crippen LogP) is 3.77. The van der Waals surface area contributed by atoms with Crippen molar-refractivity contribution < 1.29 is 4.39 Å². The fourth-order valence-corrected chi connectivity index (χ4v) is 2.70. The lowest BCUT2D eigenvalue weighted by atomic mass is 10.1. The van der Waals surface area contributed by atoms with Gasteiger partial charge in [0.05, 0.1) is 21.8 Å². The zero-order chi connectivity index (χ0) is 15.7. The maximum Gasteiger partial charge on any atom is 0.256 e. The van der Waals surface area contributed by atoms with Crippen LogP contribution in [0, 0.1) is 26.6 Å². The van der Waals surface area contributed by atoms with Gasteiger partial charge in [0.1, 0.15) is 11.6 Å². The van der Waals surface area contributed by atoms with Crippen molar-refractivity contribution in [1.29, 1.82) is 0 Å². The Bertz CT molecular complexity index is 742. The number of nitrogens with zero attached hydrogens (tertiary/aromatic N) is 1. The average molecular weight is 354 g/mol. The molecule has 0 fully saturated rings. The van der Waals surface area contributed by atoms with Gasteiger partial charge >= 0.3 is 0 Å². The third kappa shape index (κ3) is 3.32. The Morgan fingerprint density at radius 1 is 1.33 bits per heavy atom. The van der Waals surface area contributed by atoms with Gasteiger partial charge in [-0.25, -0.2) is 9.37 Å². The molecule has 0 radical (unpaired) electrons. The van der Waals surface area contributed by atoms with Crippen molar-refractivity contribution in [2.24, 2.45) is 0 Å². The average Bonchev–Trinajstić information content (AvgIpc) is 2.34. The predicted molar refractivity (Wildman–Crippen MR) is 85.2 cm³/mol. The fraction of sp³-hybridized carbons (Fsp3) is 0.333. The largest absolute Gasteiger partial charge is 0.378 e. The first-order valence-electron chi connectivity index (χ1n) is 6.59. The molecule has 0 saturated heterocycles. The number of rotatable bonds is 3. The minimum atomic E-state index is -0.309. The molecule has 2 aromatic rings. The summed E-state index contributed by atoms with van der Waals surface area (Å²) in [6, 6.07) is 2.88. The second-order valence-corrected chi connectivity index (χ2v) is 5.95. The Morgan fingerprint density at radius 2 is 2.00 bits per heavy atom. The number of benzene rings is 1. The van der Waals surface area contributed by atoms with Gasteiger partial charge in [-0.05, 0) is 61.3 Å². The van der Waals surface area contributed by atoms with E-state index < -0.39 is 0 Å². The lowest BCUT2D eigenvalue weighted by Gasteiger charge is -2.18. The normalized spacial score (nSPS) is 12.3. The molecule has 1 aromatic heterocycles. The molecule has 21 heavy (non-hydrogen) atoms. The van der Waals surface area contributed by atoms with E-state index in [1.807, 2.05) is 20.8 Å². The highest BCUT2D eigenvalue weighted by molar-refractivity contribution is 9.10. The number of hydrogen-bond acceptors (Lipinski definition) is 3. The highest BCUT2D eigenvalue weighted by Crippen LogP contribution is 2.27. The molecular weight excluding hydrogens is 337 g/mol. The molecule has 1 atom stereocenters. The Hall–Kier alpha value is -1.69. The molecular formula is C15H17BrFN3O. The summed E-state index contributed by atoms with van der Waals surface area (Å²) in [4.78, 5) is 19.1. The highest BCUT2D eigenvalue weighted by Gasteiger charge is 2.16.